The summed E-state index contributed by atoms with van der Waals surface area (Å²) in [5.41, 5.74) is 2.34. The van der Waals surface area contributed by atoms with E-state index >= 15 is 0 Å². The quantitative estimate of drug-likeness (QED) is 0.384. The Morgan fingerprint density at radius 2 is 1.39 bits per heavy atom. The van der Waals surface area contributed by atoms with Crippen molar-refractivity contribution in [2.45, 2.75) is 50.2 Å². The average molecular weight is 598 g/mol. The predicted octanol–water partition coefficient (Wildman–Crippen LogP) is 4.49. The Labute approximate surface area is 258 Å². The number of methoxy groups -OCH3 is 1. The molecule has 44 heavy (non-hydrogen) atoms. The van der Waals surface area contributed by atoms with Gasteiger partial charge in [0.15, 0.2) is 0 Å². The summed E-state index contributed by atoms with van der Waals surface area (Å²) >= 11 is 0. The standard InChI is InChI=1S/C35H39N3O6/c1-3-44-35(42)37-21-19-27(20-22-37)36-33(40)32-29(25-15-9-5-10-16-25)30(34(41)43-2)31(26-17-11-6-12-18-26)38(32)28(39)23-24-13-7-4-8-14-24/h4-18,27,29-32H,3,19-23H2,1-2H3,(H,36,40). The van der Waals surface area contributed by atoms with E-state index in [0.29, 0.717) is 32.5 Å². The number of carbonyl (C=O) groups excluding carboxylic acids is 4. The van der Waals surface area contributed by atoms with E-state index < -0.39 is 29.9 Å². The zero-order chi connectivity index (χ0) is 31.1. The number of benzene rings is 3. The molecule has 3 aromatic rings. The van der Waals surface area contributed by atoms with Crippen LogP contribution in [0.15, 0.2) is 91.0 Å². The fourth-order valence-corrected chi connectivity index (χ4v) is 6.58. The van der Waals surface area contributed by atoms with Crippen LogP contribution in [0.5, 0.6) is 0 Å². The lowest BCUT2D eigenvalue weighted by atomic mass is 9.79. The molecule has 5 rings (SSSR count). The Bertz CT molecular complexity index is 1430. The topological polar surface area (TPSA) is 105 Å². The number of rotatable bonds is 8. The van der Waals surface area contributed by atoms with Crippen molar-refractivity contribution >= 4 is 23.9 Å². The molecule has 0 spiro atoms. The maximum Gasteiger partial charge on any atom is 0.409 e. The summed E-state index contributed by atoms with van der Waals surface area (Å²) in [6, 6.07) is 26.3. The van der Waals surface area contributed by atoms with Crippen molar-refractivity contribution < 1.29 is 28.7 Å². The van der Waals surface area contributed by atoms with Crippen molar-refractivity contribution in [1.29, 1.82) is 0 Å². The van der Waals surface area contributed by atoms with Gasteiger partial charge in [-0.25, -0.2) is 4.79 Å². The Hall–Kier alpha value is -4.66. The normalized spacial score (nSPS) is 21.9. The van der Waals surface area contributed by atoms with E-state index in [0.717, 1.165) is 16.7 Å². The summed E-state index contributed by atoms with van der Waals surface area (Å²) in [5.74, 6) is -2.56. The largest absolute Gasteiger partial charge is 0.469 e. The Morgan fingerprint density at radius 1 is 0.818 bits per heavy atom. The van der Waals surface area contributed by atoms with E-state index in [-0.39, 0.29) is 30.4 Å². The molecule has 4 atom stereocenters. The summed E-state index contributed by atoms with van der Waals surface area (Å²) in [6.07, 6.45) is 0.810. The average Bonchev–Trinajstić information content (AvgIpc) is 3.43. The molecule has 2 saturated heterocycles. The molecule has 2 aliphatic rings. The molecule has 2 aliphatic heterocycles. The number of likely N-dealkylation sites (tertiary alicyclic amines) is 2. The van der Waals surface area contributed by atoms with Crippen LogP contribution in [0.4, 0.5) is 4.79 Å². The first-order valence-electron chi connectivity index (χ1n) is 15.2. The van der Waals surface area contributed by atoms with Gasteiger partial charge in [0.25, 0.3) is 0 Å². The van der Waals surface area contributed by atoms with Crippen LogP contribution in [0, 0.1) is 5.92 Å². The highest BCUT2D eigenvalue weighted by atomic mass is 16.6. The fraction of sp³-hybridized carbons (Fsp3) is 0.371. The molecule has 2 fully saturated rings. The molecule has 0 radical (unpaired) electrons. The third-order valence-electron chi connectivity index (χ3n) is 8.59. The molecule has 0 aliphatic carbocycles. The van der Waals surface area contributed by atoms with Gasteiger partial charge in [-0.15, -0.1) is 0 Å². The molecule has 230 valence electrons. The number of nitrogens with zero attached hydrogens (tertiary/aromatic N) is 2. The minimum atomic E-state index is -0.981. The summed E-state index contributed by atoms with van der Waals surface area (Å²) in [5, 5.41) is 3.19. The zero-order valence-corrected chi connectivity index (χ0v) is 25.1. The molecule has 0 saturated carbocycles. The van der Waals surface area contributed by atoms with Crippen LogP contribution >= 0.6 is 0 Å². The van der Waals surface area contributed by atoms with E-state index in [9.17, 15) is 19.2 Å². The van der Waals surface area contributed by atoms with E-state index in [1.54, 1.807) is 16.7 Å². The van der Waals surface area contributed by atoms with Gasteiger partial charge in [0.2, 0.25) is 11.8 Å². The SMILES string of the molecule is CCOC(=O)N1CCC(NC(=O)C2C(c3ccccc3)C(C(=O)OC)C(c3ccccc3)N2C(=O)Cc2ccccc2)CC1. The first kappa shape index (κ1) is 30.8. The van der Waals surface area contributed by atoms with Gasteiger partial charge in [-0.2, -0.15) is 0 Å². The van der Waals surface area contributed by atoms with Gasteiger partial charge in [-0.1, -0.05) is 91.0 Å². The van der Waals surface area contributed by atoms with Gasteiger partial charge >= 0.3 is 12.1 Å². The number of piperidine rings is 1. The van der Waals surface area contributed by atoms with Crippen molar-refractivity contribution in [1.82, 2.24) is 15.1 Å². The molecule has 1 N–H and O–H groups in total. The Balaban J connectivity index is 1.54. The van der Waals surface area contributed by atoms with E-state index in [1.807, 2.05) is 91.0 Å². The van der Waals surface area contributed by atoms with Crippen LogP contribution in [0.3, 0.4) is 0 Å². The minimum Gasteiger partial charge on any atom is -0.469 e. The minimum absolute atomic E-state index is 0.0707. The second kappa shape index (κ2) is 14.2. The van der Waals surface area contributed by atoms with Crippen molar-refractivity contribution in [3.05, 3.63) is 108 Å². The van der Waals surface area contributed by atoms with Gasteiger partial charge in [-0.3, -0.25) is 14.4 Å². The molecule has 9 nitrogen and oxygen atoms in total. The smallest absolute Gasteiger partial charge is 0.409 e. The lowest BCUT2D eigenvalue weighted by Gasteiger charge is -2.35. The van der Waals surface area contributed by atoms with Crippen LogP contribution in [0.1, 0.15) is 48.4 Å². The van der Waals surface area contributed by atoms with Gasteiger partial charge < -0.3 is 24.6 Å². The van der Waals surface area contributed by atoms with Crippen molar-refractivity contribution in [2.24, 2.45) is 5.92 Å². The maximum absolute atomic E-state index is 14.5. The Morgan fingerprint density at radius 3 is 1.95 bits per heavy atom. The molecule has 2 heterocycles. The summed E-state index contributed by atoms with van der Waals surface area (Å²) in [7, 11) is 1.34. The van der Waals surface area contributed by atoms with E-state index in [1.165, 1.54) is 7.11 Å². The second-order valence-electron chi connectivity index (χ2n) is 11.2. The Kier molecular flexibility index (Phi) is 9.94. The monoisotopic (exact) mass is 597 g/mol. The number of ether oxygens (including phenoxy) is 2. The second-order valence-corrected chi connectivity index (χ2v) is 11.2. The van der Waals surface area contributed by atoms with Gasteiger partial charge in [-0.05, 0) is 36.5 Å². The van der Waals surface area contributed by atoms with Crippen LogP contribution in [-0.4, -0.2) is 72.6 Å². The fourth-order valence-electron chi connectivity index (χ4n) is 6.58. The molecule has 0 aromatic heterocycles. The van der Waals surface area contributed by atoms with Crippen LogP contribution in [-0.2, 0) is 30.3 Å². The first-order chi connectivity index (χ1) is 21.4. The molecule has 3 aromatic carbocycles. The highest BCUT2D eigenvalue weighted by Crippen LogP contribution is 2.50. The first-order valence-corrected chi connectivity index (χ1v) is 15.2. The van der Waals surface area contributed by atoms with Gasteiger partial charge in [0, 0.05) is 25.0 Å². The summed E-state index contributed by atoms with van der Waals surface area (Å²) in [6.45, 7) is 2.97. The summed E-state index contributed by atoms with van der Waals surface area (Å²) in [4.78, 5) is 58.0. The highest BCUT2D eigenvalue weighted by molar-refractivity contribution is 5.93. The van der Waals surface area contributed by atoms with E-state index in [2.05, 4.69) is 5.32 Å². The molecular formula is C35H39N3O6. The van der Waals surface area contributed by atoms with Crippen molar-refractivity contribution in [2.75, 3.05) is 26.8 Å². The lowest BCUT2D eigenvalue weighted by Crippen LogP contribution is -2.53. The van der Waals surface area contributed by atoms with Crippen molar-refractivity contribution in [3.63, 3.8) is 0 Å². The van der Waals surface area contributed by atoms with Crippen LogP contribution in [0.25, 0.3) is 0 Å². The maximum atomic E-state index is 14.5. The zero-order valence-electron chi connectivity index (χ0n) is 25.1. The third kappa shape index (κ3) is 6.61. The van der Waals surface area contributed by atoms with E-state index in [4.69, 9.17) is 9.47 Å². The number of esters is 1. The number of amides is 3. The van der Waals surface area contributed by atoms with Gasteiger partial charge in [0.1, 0.15) is 6.04 Å². The predicted molar refractivity (Wildman–Crippen MR) is 164 cm³/mol. The molecule has 3 amide bonds. The van der Waals surface area contributed by atoms with Crippen LogP contribution in [0.2, 0.25) is 0 Å². The molecule has 9 heteroatoms. The molecular weight excluding hydrogens is 558 g/mol. The molecule has 0 bridgehead atoms. The lowest BCUT2D eigenvalue weighted by molar-refractivity contribution is -0.147. The van der Waals surface area contributed by atoms with Crippen molar-refractivity contribution in [3.8, 4) is 0 Å². The van der Waals surface area contributed by atoms with Crippen LogP contribution < -0.4 is 5.32 Å². The molecule has 4 unspecified atom stereocenters. The number of hydrogen-bond donors (Lipinski definition) is 1. The number of hydrogen-bond acceptors (Lipinski definition) is 6. The number of carbonyl (C=O) groups is 4. The third-order valence-corrected chi connectivity index (χ3v) is 8.59. The number of nitrogens with one attached hydrogen (secondary N) is 1. The van der Waals surface area contributed by atoms with Gasteiger partial charge in [0.05, 0.1) is 32.1 Å². The highest BCUT2D eigenvalue weighted by Gasteiger charge is 2.58. The summed E-state index contributed by atoms with van der Waals surface area (Å²) < 4.78 is 10.5.